The molecule has 192 valence electrons. The van der Waals surface area contributed by atoms with E-state index in [0.29, 0.717) is 29.2 Å². The summed E-state index contributed by atoms with van der Waals surface area (Å²) < 4.78 is 53.8. The van der Waals surface area contributed by atoms with Crippen LogP contribution in [0.25, 0.3) is 5.57 Å². The highest BCUT2D eigenvalue weighted by molar-refractivity contribution is 5.76. The molecule has 0 aromatic carbocycles. The van der Waals surface area contributed by atoms with Crippen LogP contribution in [0.5, 0.6) is 0 Å². The molecule has 0 bridgehead atoms. The maximum Gasteiger partial charge on any atom is 0.412 e. The standard InChI is InChI=1S/C22H28F3NO5.2C2H2/c1-6-17(9-8-12-30-21(5,7-2)20(27)28)29-14-18-13-19(26-31-18)15(3)10-11-16(4)22(23,24)25;2*1-2/h6,8-11,13H,7,12,14H2,1-5H3,(H,27,28);2*1-2H/b9-8-,15-10+,16-11+,17-6+;;. The lowest BCUT2D eigenvalue weighted by molar-refractivity contribution is -0.162. The molecule has 35 heavy (non-hydrogen) atoms. The summed E-state index contributed by atoms with van der Waals surface area (Å²) >= 11 is 0. The van der Waals surface area contributed by atoms with Gasteiger partial charge >= 0.3 is 12.1 Å². The number of terminal acetylenes is 2. The molecule has 1 unspecified atom stereocenters. The Bertz CT molecular complexity index is 943. The highest BCUT2D eigenvalue weighted by Crippen LogP contribution is 2.25. The molecule has 0 amide bonds. The van der Waals surface area contributed by atoms with Gasteiger partial charge in [-0.15, -0.1) is 25.7 Å². The summed E-state index contributed by atoms with van der Waals surface area (Å²) in [4.78, 5) is 11.2. The average molecular weight is 496 g/mol. The summed E-state index contributed by atoms with van der Waals surface area (Å²) in [6, 6.07) is 1.59. The van der Waals surface area contributed by atoms with Crippen LogP contribution in [0.3, 0.4) is 0 Å². The first kappa shape index (κ1) is 33.5. The Hall–Kier alpha value is -3.69. The highest BCUT2D eigenvalue weighted by atomic mass is 19.4. The molecule has 6 nitrogen and oxygen atoms in total. The van der Waals surface area contributed by atoms with Crippen LogP contribution >= 0.6 is 0 Å². The van der Waals surface area contributed by atoms with Gasteiger partial charge in [0.1, 0.15) is 18.1 Å². The topological polar surface area (TPSA) is 81.8 Å². The van der Waals surface area contributed by atoms with Gasteiger partial charge in [0.25, 0.3) is 0 Å². The number of alkyl halides is 3. The van der Waals surface area contributed by atoms with Gasteiger partial charge in [0.05, 0.1) is 6.61 Å². The second-order valence-electron chi connectivity index (χ2n) is 6.96. The number of ether oxygens (including phenoxy) is 2. The predicted molar refractivity (Wildman–Crippen MR) is 130 cm³/mol. The molecule has 9 heteroatoms. The van der Waals surface area contributed by atoms with Crippen molar-refractivity contribution in [1.82, 2.24) is 5.16 Å². The Labute approximate surface area is 205 Å². The second-order valence-corrected chi connectivity index (χ2v) is 6.96. The molecule has 0 aliphatic rings. The summed E-state index contributed by atoms with van der Waals surface area (Å²) in [7, 11) is 0. The van der Waals surface area contributed by atoms with Gasteiger partial charge in [-0.05, 0) is 51.8 Å². The van der Waals surface area contributed by atoms with Crippen LogP contribution in [0, 0.1) is 25.7 Å². The third-order valence-electron chi connectivity index (χ3n) is 4.57. The zero-order valence-corrected chi connectivity index (χ0v) is 20.6. The number of carbonyl (C=O) groups is 1. The van der Waals surface area contributed by atoms with Gasteiger partial charge < -0.3 is 19.1 Å². The van der Waals surface area contributed by atoms with E-state index in [-0.39, 0.29) is 13.2 Å². The van der Waals surface area contributed by atoms with Gasteiger partial charge in [-0.25, -0.2) is 4.79 Å². The minimum atomic E-state index is -4.37. The molecule has 1 aromatic heterocycles. The minimum absolute atomic E-state index is 0.0599. The number of carboxylic acids is 1. The van der Waals surface area contributed by atoms with Gasteiger partial charge in [-0.1, -0.05) is 30.3 Å². The Balaban J connectivity index is 0. The fourth-order valence-electron chi connectivity index (χ4n) is 2.09. The highest BCUT2D eigenvalue weighted by Gasteiger charge is 2.31. The third-order valence-corrected chi connectivity index (χ3v) is 4.57. The smallest absolute Gasteiger partial charge is 0.412 e. The maximum atomic E-state index is 12.5. The normalized spacial score (nSPS) is 14.2. The molecule has 0 aliphatic heterocycles. The zero-order chi connectivity index (χ0) is 27.7. The number of hydrogen-bond donors (Lipinski definition) is 1. The van der Waals surface area contributed by atoms with E-state index in [4.69, 9.17) is 14.0 Å². The van der Waals surface area contributed by atoms with Crippen LogP contribution in [0.4, 0.5) is 13.2 Å². The van der Waals surface area contributed by atoms with Crippen LogP contribution in [0.1, 0.15) is 52.5 Å². The van der Waals surface area contributed by atoms with Gasteiger partial charge in [-0.2, -0.15) is 13.2 Å². The number of aromatic nitrogens is 1. The van der Waals surface area contributed by atoms with Crippen molar-refractivity contribution in [3.05, 3.63) is 59.2 Å². The lowest BCUT2D eigenvalue weighted by atomic mass is 10.0. The number of nitrogens with zero attached hydrogens (tertiary/aromatic N) is 1. The summed E-state index contributed by atoms with van der Waals surface area (Å²) in [6.07, 6.45) is 19.3. The molecular weight excluding hydrogens is 463 g/mol. The van der Waals surface area contributed by atoms with Crippen molar-refractivity contribution in [3.8, 4) is 25.7 Å². The second kappa shape index (κ2) is 16.9. The lowest BCUT2D eigenvalue weighted by Gasteiger charge is -2.22. The van der Waals surface area contributed by atoms with E-state index in [1.165, 1.54) is 13.0 Å². The van der Waals surface area contributed by atoms with E-state index in [0.717, 1.165) is 13.0 Å². The molecule has 0 saturated heterocycles. The first-order chi connectivity index (χ1) is 16.4. The Morgan fingerprint density at radius 2 is 1.80 bits per heavy atom. The van der Waals surface area contributed by atoms with Crippen molar-refractivity contribution in [1.29, 1.82) is 0 Å². The Kier molecular flexibility index (Phi) is 16.1. The third kappa shape index (κ3) is 12.4. The summed E-state index contributed by atoms with van der Waals surface area (Å²) in [5.41, 5.74) is -1.05. The number of halogens is 3. The van der Waals surface area contributed by atoms with Gasteiger partial charge in [0.15, 0.2) is 11.4 Å². The lowest BCUT2D eigenvalue weighted by Crippen LogP contribution is -2.37. The van der Waals surface area contributed by atoms with E-state index in [9.17, 15) is 23.1 Å². The largest absolute Gasteiger partial charge is 0.486 e. The molecule has 0 saturated carbocycles. The van der Waals surface area contributed by atoms with Crippen molar-refractivity contribution in [2.45, 2.75) is 59.4 Å². The fourth-order valence-corrected chi connectivity index (χ4v) is 2.09. The van der Waals surface area contributed by atoms with Crippen molar-refractivity contribution in [2.75, 3.05) is 6.61 Å². The van der Waals surface area contributed by atoms with E-state index >= 15 is 0 Å². The average Bonchev–Trinajstić information content (AvgIpc) is 3.32. The molecule has 1 N–H and O–H groups in total. The van der Waals surface area contributed by atoms with Gasteiger partial charge in [-0.3, -0.25) is 0 Å². The Morgan fingerprint density at radius 1 is 1.20 bits per heavy atom. The van der Waals surface area contributed by atoms with Crippen LogP contribution in [-0.2, 0) is 20.9 Å². The Morgan fingerprint density at radius 3 is 2.29 bits per heavy atom. The van der Waals surface area contributed by atoms with Crippen molar-refractivity contribution < 1.29 is 37.1 Å². The first-order valence-corrected chi connectivity index (χ1v) is 10.3. The molecular formula is C26H32F3NO5. The number of carboxylic acid groups (broad SMARTS) is 1. The SMILES string of the molecule is C#C.C#C.C/C=C(\C=C/COC(C)(CC)C(=O)O)OCc1cc(/C(C)=C/C=C(\C)C(F)(F)F)no1. The summed E-state index contributed by atoms with van der Waals surface area (Å²) in [5, 5.41) is 13.0. The quantitative estimate of drug-likeness (QED) is 0.219. The molecule has 1 rings (SSSR count). The van der Waals surface area contributed by atoms with E-state index in [1.807, 2.05) is 0 Å². The van der Waals surface area contributed by atoms with Crippen molar-refractivity contribution in [3.63, 3.8) is 0 Å². The molecule has 0 fully saturated rings. The van der Waals surface area contributed by atoms with Crippen LogP contribution in [-0.4, -0.2) is 34.6 Å². The fraction of sp³-hybridized carbons (Fsp3) is 0.385. The monoisotopic (exact) mass is 495 g/mol. The number of hydrogen-bond acceptors (Lipinski definition) is 5. The molecule has 0 aliphatic carbocycles. The molecule has 1 aromatic rings. The van der Waals surface area contributed by atoms with E-state index < -0.39 is 23.3 Å². The number of allylic oxidation sites excluding steroid dienone is 6. The first-order valence-electron chi connectivity index (χ1n) is 10.3. The zero-order valence-electron chi connectivity index (χ0n) is 20.6. The van der Waals surface area contributed by atoms with Crippen LogP contribution < -0.4 is 0 Å². The minimum Gasteiger partial charge on any atom is -0.486 e. The van der Waals surface area contributed by atoms with Gasteiger partial charge in [0, 0.05) is 11.6 Å². The molecule has 0 radical (unpaired) electrons. The van der Waals surface area contributed by atoms with Crippen molar-refractivity contribution >= 4 is 11.5 Å². The van der Waals surface area contributed by atoms with Crippen LogP contribution in [0.2, 0.25) is 0 Å². The van der Waals surface area contributed by atoms with Crippen molar-refractivity contribution in [2.24, 2.45) is 0 Å². The van der Waals surface area contributed by atoms with E-state index in [2.05, 4.69) is 30.9 Å². The summed E-state index contributed by atoms with van der Waals surface area (Å²) in [6.45, 7) is 7.78. The molecule has 1 heterocycles. The number of rotatable bonds is 11. The molecule has 0 spiro atoms. The summed E-state index contributed by atoms with van der Waals surface area (Å²) in [5.74, 6) is -0.126. The van der Waals surface area contributed by atoms with E-state index in [1.54, 1.807) is 45.1 Å². The maximum absolute atomic E-state index is 12.5. The van der Waals surface area contributed by atoms with Gasteiger partial charge in [0.2, 0.25) is 0 Å². The predicted octanol–water partition coefficient (Wildman–Crippen LogP) is 6.33. The molecule has 1 atom stereocenters. The number of aliphatic carboxylic acids is 1. The van der Waals surface area contributed by atoms with Crippen LogP contribution in [0.15, 0.2) is 52.3 Å².